The fourth-order valence-corrected chi connectivity index (χ4v) is 5.82. The van der Waals surface area contributed by atoms with Crippen LogP contribution < -0.4 is 10.2 Å². The summed E-state index contributed by atoms with van der Waals surface area (Å²) in [4.78, 5) is 13.3. The summed E-state index contributed by atoms with van der Waals surface area (Å²) in [6.07, 6.45) is 3.80. The number of hydrogen-bond donors (Lipinski definition) is 1. The van der Waals surface area contributed by atoms with Gasteiger partial charge in [-0.1, -0.05) is 41.8 Å². The predicted octanol–water partition coefficient (Wildman–Crippen LogP) is 5.54. The van der Waals surface area contributed by atoms with Gasteiger partial charge in [-0.25, -0.2) is 9.69 Å². The Labute approximate surface area is 208 Å². The zero-order valence-corrected chi connectivity index (χ0v) is 20.1. The van der Waals surface area contributed by atoms with Crippen LogP contribution in [0, 0.1) is 11.8 Å². The lowest BCUT2D eigenvalue weighted by Crippen LogP contribution is -2.41. The van der Waals surface area contributed by atoms with Gasteiger partial charge in [0, 0.05) is 29.2 Å². The van der Waals surface area contributed by atoms with Crippen LogP contribution in [0.5, 0.6) is 5.75 Å². The van der Waals surface area contributed by atoms with Gasteiger partial charge in [0.25, 0.3) is 5.91 Å². The monoisotopic (exact) mass is 504 g/mol. The molecule has 1 aliphatic carbocycles. The van der Waals surface area contributed by atoms with Crippen molar-refractivity contribution in [1.82, 2.24) is 20.2 Å². The van der Waals surface area contributed by atoms with Crippen LogP contribution >= 0.6 is 35.6 Å². The Morgan fingerprint density at radius 3 is 2.61 bits per heavy atom. The third-order valence-corrected chi connectivity index (χ3v) is 7.37. The molecule has 6 rings (SSSR count). The second kappa shape index (κ2) is 8.84. The van der Waals surface area contributed by atoms with Gasteiger partial charge in [0.1, 0.15) is 12.4 Å². The van der Waals surface area contributed by atoms with E-state index < -0.39 is 0 Å². The van der Waals surface area contributed by atoms with Crippen LogP contribution in [-0.2, 0) is 6.61 Å². The summed E-state index contributed by atoms with van der Waals surface area (Å²) >= 11 is 12.6. The van der Waals surface area contributed by atoms with E-state index in [4.69, 9.17) is 33.0 Å². The molecule has 1 saturated heterocycles. The Balaban J connectivity index is 0.00000228. The fourth-order valence-electron chi connectivity index (χ4n) is 5.33. The molecule has 1 aromatic heterocycles. The van der Waals surface area contributed by atoms with E-state index in [1.807, 2.05) is 30.3 Å². The number of ether oxygens (including phenoxy) is 1. The summed E-state index contributed by atoms with van der Waals surface area (Å²) in [6.45, 7) is 2.08. The van der Waals surface area contributed by atoms with Gasteiger partial charge in [-0.3, -0.25) is 10.2 Å². The lowest BCUT2D eigenvalue weighted by atomic mass is 10.0. The smallest absolute Gasteiger partial charge is 0.286 e. The molecule has 2 aromatic carbocycles. The number of para-hydroxylation sites is 1. The van der Waals surface area contributed by atoms with Gasteiger partial charge in [0.15, 0.2) is 5.69 Å². The molecule has 172 valence electrons. The number of aromatic nitrogens is 2. The van der Waals surface area contributed by atoms with E-state index in [1.54, 1.807) is 16.8 Å². The average molecular weight is 506 g/mol. The number of fused-ring (bicyclic) bond motifs is 4. The zero-order valence-electron chi connectivity index (χ0n) is 17.8. The maximum absolute atomic E-state index is 13.3. The Bertz CT molecular complexity index is 1220. The van der Waals surface area contributed by atoms with Gasteiger partial charge in [-0.05, 0) is 55.0 Å². The summed E-state index contributed by atoms with van der Waals surface area (Å²) in [5.41, 5.74) is 6.57. The molecule has 1 N–H and O–H groups in total. The first-order valence-electron chi connectivity index (χ1n) is 10.9. The maximum atomic E-state index is 13.3. The molecule has 1 saturated carbocycles. The quantitative estimate of drug-likeness (QED) is 0.508. The lowest BCUT2D eigenvalue weighted by Gasteiger charge is -2.20. The molecule has 0 radical (unpaired) electrons. The number of amides is 1. The number of hydrogen-bond acceptors (Lipinski definition) is 4. The van der Waals surface area contributed by atoms with Gasteiger partial charge in [-0.15, -0.1) is 12.4 Å². The lowest BCUT2D eigenvalue weighted by molar-refractivity contribution is 0.0806. The number of hydrazine groups is 1. The third-order valence-electron chi connectivity index (χ3n) is 6.84. The largest absolute Gasteiger partial charge is 0.488 e. The van der Waals surface area contributed by atoms with Crippen LogP contribution in [0.4, 0.5) is 0 Å². The van der Waals surface area contributed by atoms with Crippen LogP contribution in [0.3, 0.4) is 0 Å². The van der Waals surface area contributed by atoms with Gasteiger partial charge in [0.05, 0.1) is 16.4 Å². The minimum Gasteiger partial charge on any atom is -0.488 e. The van der Waals surface area contributed by atoms with Crippen molar-refractivity contribution in [3.63, 3.8) is 0 Å². The van der Waals surface area contributed by atoms with Crippen molar-refractivity contribution in [2.24, 2.45) is 11.8 Å². The molecule has 2 fully saturated rings. The van der Waals surface area contributed by atoms with Crippen LogP contribution in [-0.4, -0.2) is 33.8 Å². The molecule has 9 heteroatoms. The van der Waals surface area contributed by atoms with Crippen LogP contribution in [0.15, 0.2) is 42.5 Å². The summed E-state index contributed by atoms with van der Waals surface area (Å²) in [5.74, 6) is 1.91. The van der Waals surface area contributed by atoms with Crippen molar-refractivity contribution >= 4 is 41.5 Å². The van der Waals surface area contributed by atoms with Crippen molar-refractivity contribution < 1.29 is 9.53 Å². The van der Waals surface area contributed by atoms with Crippen molar-refractivity contribution in [3.05, 3.63) is 63.8 Å². The Morgan fingerprint density at radius 1 is 1.09 bits per heavy atom. The highest BCUT2D eigenvalue weighted by Gasteiger charge is 2.38. The summed E-state index contributed by atoms with van der Waals surface area (Å²) in [7, 11) is 0. The van der Waals surface area contributed by atoms with Gasteiger partial charge >= 0.3 is 0 Å². The van der Waals surface area contributed by atoms with Gasteiger partial charge in [0.2, 0.25) is 0 Å². The van der Waals surface area contributed by atoms with E-state index in [9.17, 15) is 4.79 Å². The molecule has 1 amide bonds. The minimum absolute atomic E-state index is 0. The number of nitrogens with one attached hydrogen (secondary N) is 1. The number of nitrogens with zero attached hydrogens (tertiary/aromatic N) is 3. The van der Waals surface area contributed by atoms with Crippen LogP contribution in [0.25, 0.3) is 16.9 Å². The number of carbonyl (C=O) groups excluding carboxylic acids is 1. The third kappa shape index (κ3) is 3.89. The molecule has 6 nitrogen and oxygen atoms in total. The van der Waals surface area contributed by atoms with Gasteiger partial charge in [-0.2, -0.15) is 5.10 Å². The van der Waals surface area contributed by atoms with E-state index in [2.05, 4.69) is 10.4 Å². The SMILES string of the molecule is Cl.O=C(NN1CC2CCCC2C1)c1nn(-c2ccc(Cl)cc2Cl)c2c1COc1ccccc1-2. The van der Waals surface area contributed by atoms with Crippen LogP contribution in [0.2, 0.25) is 10.0 Å². The zero-order chi connectivity index (χ0) is 21.8. The Morgan fingerprint density at radius 2 is 1.85 bits per heavy atom. The molecule has 3 aromatic rings. The first kappa shape index (κ1) is 22.5. The number of benzene rings is 2. The normalized spacial score (nSPS) is 20.9. The molecular weight excluding hydrogens is 483 g/mol. The molecule has 2 atom stereocenters. The molecule has 2 unspecified atom stereocenters. The first-order chi connectivity index (χ1) is 15.6. The highest BCUT2D eigenvalue weighted by molar-refractivity contribution is 6.35. The van der Waals surface area contributed by atoms with E-state index in [1.165, 1.54) is 19.3 Å². The Kier molecular flexibility index (Phi) is 6.04. The standard InChI is InChI=1S/C24H22Cl2N4O2.ClH/c25-16-8-9-20(19(26)10-16)30-23-17-6-1-2-7-21(17)32-13-18(23)22(27-30)24(31)28-29-11-14-4-3-5-15(14)12-29;/h1-2,6-10,14-15H,3-5,11-13H2,(H,28,31);1H. The minimum atomic E-state index is -0.215. The second-order valence-electron chi connectivity index (χ2n) is 8.77. The average Bonchev–Trinajstić information content (AvgIpc) is 3.47. The van der Waals surface area contributed by atoms with E-state index in [0.29, 0.717) is 33.3 Å². The summed E-state index contributed by atoms with van der Waals surface area (Å²) < 4.78 is 7.71. The fraction of sp³-hybridized carbons (Fsp3) is 0.333. The maximum Gasteiger partial charge on any atom is 0.286 e. The van der Waals surface area contributed by atoms with Crippen molar-refractivity contribution in [3.8, 4) is 22.7 Å². The van der Waals surface area contributed by atoms with E-state index in [0.717, 1.165) is 35.7 Å². The van der Waals surface area contributed by atoms with Crippen molar-refractivity contribution in [2.45, 2.75) is 25.9 Å². The molecule has 3 aliphatic rings. The van der Waals surface area contributed by atoms with E-state index in [-0.39, 0.29) is 24.9 Å². The topological polar surface area (TPSA) is 59.4 Å². The molecule has 0 bridgehead atoms. The summed E-state index contributed by atoms with van der Waals surface area (Å²) in [6, 6.07) is 13.0. The molecule has 2 aliphatic heterocycles. The number of carbonyl (C=O) groups is 1. The molecule has 33 heavy (non-hydrogen) atoms. The highest BCUT2D eigenvalue weighted by atomic mass is 35.5. The van der Waals surface area contributed by atoms with E-state index >= 15 is 0 Å². The van der Waals surface area contributed by atoms with Crippen molar-refractivity contribution in [1.29, 1.82) is 0 Å². The highest BCUT2D eigenvalue weighted by Crippen LogP contribution is 2.41. The number of rotatable bonds is 3. The van der Waals surface area contributed by atoms with Crippen molar-refractivity contribution in [2.75, 3.05) is 13.1 Å². The predicted molar refractivity (Wildman–Crippen MR) is 130 cm³/mol. The Hall–Kier alpha value is -2.25. The van der Waals surface area contributed by atoms with Crippen LogP contribution in [0.1, 0.15) is 35.3 Å². The second-order valence-corrected chi connectivity index (χ2v) is 9.61. The first-order valence-corrected chi connectivity index (χ1v) is 11.7. The molecular formula is C24H23Cl3N4O2. The summed E-state index contributed by atoms with van der Waals surface area (Å²) in [5, 5.41) is 7.79. The molecule has 0 spiro atoms. The van der Waals surface area contributed by atoms with Gasteiger partial charge < -0.3 is 4.74 Å². The number of halogens is 3. The molecule has 3 heterocycles.